The molecule has 5 heteroatoms. The van der Waals surface area contributed by atoms with Crippen LogP contribution in [0.2, 0.25) is 10.3 Å². The maximum absolute atomic E-state index is 6.27. The van der Waals surface area contributed by atoms with Crippen molar-refractivity contribution < 1.29 is 0 Å². The summed E-state index contributed by atoms with van der Waals surface area (Å²) in [4.78, 5) is 8.54. The minimum atomic E-state index is 0.257. The maximum atomic E-state index is 6.27. The molecule has 1 heterocycles. The highest BCUT2D eigenvalue weighted by atomic mass is 35.5. The largest absolute Gasteiger partial charge is 0.367 e. The Morgan fingerprint density at radius 3 is 2.63 bits per heavy atom. The summed E-state index contributed by atoms with van der Waals surface area (Å²) in [6, 6.07) is 6.09. The molecule has 0 unspecified atom stereocenters. The lowest BCUT2D eigenvalue weighted by molar-refractivity contribution is 0.462. The highest BCUT2D eigenvalue weighted by Gasteiger charge is 2.17. The second-order valence-electron chi connectivity index (χ2n) is 4.95. The molecule has 1 aromatic heterocycles. The molecule has 0 atom stereocenters. The van der Waals surface area contributed by atoms with Gasteiger partial charge in [-0.1, -0.05) is 36.9 Å². The van der Waals surface area contributed by atoms with Crippen LogP contribution < -0.4 is 5.32 Å². The number of aromatic nitrogens is 2. The van der Waals surface area contributed by atoms with Gasteiger partial charge in [0, 0.05) is 6.04 Å². The van der Waals surface area contributed by atoms with Crippen LogP contribution in [0.25, 0.3) is 10.9 Å². The van der Waals surface area contributed by atoms with Crippen LogP contribution in [0.4, 0.5) is 5.82 Å². The van der Waals surface area contributed by atoms with Gasteiger partial charge in [0.15, 0.2) is 0 Å². The Hall–Kier alpha value is -1.06. The van der Waals surface area contributed by atoms with Crippen LogP contribution >= 0.6 is 23.2 Å². The summed E-state index contributed by atoms with van der Waals surface area (Å²) >= 11 is 12.3. The second-order valence-corrected chi connectivity index (χ2v) is 5.70. The average Bonchev–Trinajstić information content (AvgIpc) is 2.39. The third-order valence-corrected chi connectivity index (χ3v) is 4.08. The molecule has 0 bridgehead atoms. The fourth-order valence-electron chi connectivity index (χ4n) is 2.66. The fraction of sp³-hybridized carbons (Fsp3) is 0.429. The van der Waals surface area contributed by atoms with Gasteiger partial charge in [-0.05, 0) is 36.6 Å². The molecule has 2 aromatic rings. The Morgan fingerprint density at radius 1 is 1.05 bits per heavy atom. The summed E-state index contributed by atoms with van der Waals surface area (Å²) in [5, 5.41) is 5.26. The van der Waals surface area contributed by atoms with Crippen LogP contribution in [0, 0.1) is 0 Å². The van der Waals surface area contributed by atoms with Crippen molar-refractivity contribution in [3.63, 3.8) is 0 Å². The fourth-order valence-corrected chi connectivity index (χ4v) is 3.09. The number of benzene rings is 1. The Bertz CT molecular complexity index is 595. The van der Waals surface area contributed by atoms with Crippen molar-refractivity contribution in [1.82, 2.24) is 9.97 Å². The van der Waals surface area contributed by atoms with Crippen LogP contribution in [-0.4, -0.2) is 16.0 Å². The molecule has 1 aliphatic carbocycles. The van der Waals surface area contributed by atoms with E-state index in [2.05, 4.69) is 15.3 Å². The van der Waals surface area contributed by atoms with E-state index < -0.39 is 0 Å². The van der Waals surface area contributed by atoms with Crippen molar-refractivity contribution in [2.75, 3.05) is 5.32 Å². The Morgan fingerprint density at radius 2 is 1.84 bits per heavy atom. The first-order chi connectivity index (χ1) is 9.24. The van der Waals surface area contributed by atoms with Gasteiger partial charge in [0.05, 0.1) is 15.9 Å². The highest BCUT2D eigenvalue weighted by Crippen LogP contribution is 2.31. The third kappa shape index (κ3) is 2.77. The zero-order valence-corrected chi connectivity index (χ0v) is 12.0. The first-order valence-electron chi connectivity index (χ1n) is 6.62. The van der Waals surface area contributed by atoms with Gasteiger partial charge in [0.1, 0.15) is 5.82 Å². The average molecular weight is 296 g/mol. The number of hydrogen-bond donors (Lipinski definition) is 1. The number of hydrogen-bond acceptors (Lipinski definition) is 3. The summed E-state index contributed by atoms with van der Waals surface area (Å²) in [5.41, 5.74) is 0.783. The van der Waals surface area contributed by atoms with Gasteiger partial charge >= 0.3 is 0 Å². The quantitative estimate of drug-likeness (QED) is 0.817. The van der Waals surface area contributed by atoms with E-state index in [1.165, 1.54) is 32.1 Å². The highest BCUT2D eigenvalue weighted by molar-refractivity contribution is 6.36. The lowest BCUT2D eigenvalue weighted by atomic mass is 9.95. The molecule has 3 rings (SSSR count). The van der Waals surface area contributed by atoms with E-state index >= 15 is 0 Å². The van der Waals surface area contributed by atoms with Crippen molar-refractivity contribution in [2.45, 2.75) is 38.1 Å². The SMILES string of the molecule is Clc1nc(NC2CCCCC2)c2c(Cl)cccc2n1. The first kappa shape index (κ1) is 12.9. The molecule has 0 radical (unpaired) electrons. The van der Waals surface area contributed by atoms with E-state index in [4.69, 9.17) is 23.2 Å². The van der Waals surface area contributed by atoms with E-state index in [1.807, 2.05) is 18.2 Å². The van der Waals surface area contributed by atoms with E-state index in [9.17, 15) is 0 Å². The molecule has 1 aromatic carbocycles. The molecule has 0 aliphatic heterocycles. The maximum Gasteiger partial charge on any atom is 0.224 e. The number of rotatable bonds is 2. The number of halogens is 2. The summed E-state index contributed by atoms with van der Waals surface area (Å²) in [7, 11) is 0. The predicted octanol–water partition coefficient (Wildman–Crippen LogP) is 4.68. The minimum Gasteiger partial charge on any atom is -0.367 e. The first-order valence-corrected chi connectivity index (χ1v) is 7.38. The van der Waals surface area contributed by atoms with Crippen molar-refractivity contribution in [2.24, 2.45) is 0 Å². The number of nitrogens with one attached hydrogen (secondary N) is 1. The number of anilines is 1. The summed E-state index contributed by atoms with van der Waals surface area (Å²) < 4.78 is 0. The van der Waals surface area contributed by atoms with Gasteiger partial charge in [-0.2, -0.15) is 0 Å². The molecule has 19 heavy (non-hydrogen) atoms. The van der Waals surface area contributed by atoms with Crippen LogP contribution in [0.3, 0.4) is 0 Å². The number of fused-ring (bicyclic) bond motifs is 1. The van der Waals surface area contributed by atoms with Gasteiger partial charge in [-0.15, -0.1) is 0 Å². The van der Waals surface area contributed by atoms with Crippen LogP contribution in [0.15, 0.2) is 18.2 Å². The zero-order chi connectivity index (χ0) is 13.2. The summed E-state index contributed by atoms with van der Waals surface area (Å²) in [6.45, 7) is 0. The monoisotopic (exact) mass is 295 g/mol. The van der Waals surface area contributed by atoms with Crippen molar-refractivity contribution >= 4 is 39.9 Å². The molecule has 1 fully saturated rings. The van der Waals surface area contributed by atoms with Crippen LogP contribution in [0.5, 0.6) is 0 Å². The Kier molecular flexibility index (Phi) is 3.76. The van der Waals surface area contributed by atoms with Crippen molar-refractivity contribution in [3.8, 4) is 0 Å². The van der Waals surface area contributed by atoms with E-state index in [0.717, 1.165) is 16.7 Å². The molecule has 1 N–H and O–H groups in total. The van der Waals surface area contributed by atoms with Crippen LogP contribution in [0.1, 0.15) is 32.1 Å². The van der Waals surface area contributed by atoms with Crippen molar-refractivity contribution in [1.29, 1.82) is 0 Å². The zero-order valence-electron chi connectivity index (χ0n) is 10.5. The molecule has 1 saturated carbocycles. The minimum absolute atomic E-state index is 0.257. The standard InChI is InChI=1S/C14H15Cl2N3/c15-10-7-4-8-11-12(10)13(19-14(16)18-11)17-9-5-2-1-3-6-9/h4,7-9H,1-3,5-6H2,(H,17,18,19). The summed E-state index contributed by atoms with van der Waals surface area (Å²) in [5.74, 6) is 0.757. The van der Waals surface area contributed by atoms with Crippen molar-refractivity contribution in [3.05, 3.63) is 28.5 Å². The third-order valence-electron chi connectivity index (χ3n) is 3.59. The molecule has 1 aliphatic rings. The smallest absolute Gasteiger partial charge is 0.224 e. The van der Waals surface area contributed by atoms with E-state index in [-0.39, 0.29) is 5.28 Å². The van der Waals surface area contributed by atoms with Gasteiger partial charge in [-0.25, -0.2) is 9.97 Å². The molecule has 3 nitrogen and oxygen atoms in total. The predicted molar refractivity (Wildman–Crippen MR) is 80.1 cm³/mol. The molecule has 0 saturated heterocycles. The Balaban J connectivity index is 2.01. The van der Waals surface area contributed by atoms with Gasteiger partial charge in [0.2, 0.25) is 5.28 Å². The second kappa shape index (κ2) is 5.51. The topological polar surface area (TPSA) is 37.8 Å². The molecule has 100 valence electrons. The lowest BCUT2D eigenvalue weighted by Crippen LogP contribution is -2.23. The normalized spacial score (nSPS) is 16.7. The summed E-state index contributed by atoms with van der Waals surface area (Å²) in [6.07, 6.45) is 6.20. The molecule has 0 amide bonds. The van der Waals surface area contributed by atoms with E-state index in [0.29, 0.717) is 11.1 Å². The molecular weight excluding hydrogens is 281 g/mol. The number of nitrogens with zero attached hydrogens (tertiary/aromatic N) is 2. The molecular formula is C14H15Cl2N3. The lowest BCUT2D eigenvalue weighted by Gasteiger charge is -2.24. The van der Waals surface area contributed by atoms with Gasteiger partial charge in [0.25, 0.3) is 0 Å². The van der Waals surface area contributed by atoms with E-state index in [1.54, 1.807) is 0 Å². The molecule has 0 spiro atoms. The van der Waals surface area contributed by atoms with Gasteiger partial charge in [-0.3, -0.25) is 0 Å². The Labute approximate surface area is 122 Å². The van der Waals surface area contributed by atoms with Crippen LogP contribution in [-0.2, 0) is 0 Å². The van der Waals surface area contributed by atoms with Gasteiger partial charge < -0.3 is 5.32 Å².